The summed E-state index contributed by atoms with van der Waals surface area (Å²) in [5.41, 5.74) is 0.349. The van der Waals surface area contributed by atoms with Crippen molar-refractivity contribution in [2.75, 3.05) is 5.32 Å². The highest BCUT2D eigenvalue weighted by molar-refractivity contribution is 6.33. The largest absolute Gasteiger partial charge is 0.481 e. The van der Waals surface area contributed by atoms with E-state index in [-0.39, 0.29) is 10.9 Å². The van der Waals surface area contributed by atoms with Crippen LogP contribution in [-0.4, -0.2) is 12.0 Å². The van der Waals surface area contributed by atoms with E-state index in [1.54, 1.807) is 19.1 Å². The summed E-state index contributed by atoms with van der Waals surface area (Å²) in [6.07, 6.45) is -0.696. The molecule has 1 amide bonds. The molecule has 1 N–H and O–H groups in total. The molecule has 0 unspecified atom stereocenters. The lowest BCUT2D eigenvalue weighted by atomic mass is 10.3. The van der Waals surface area contributed by atoms with Gasteiger partial charge in [-0.1, -0.05) is 29.8 Å². The molecular weight excluding hydrogens is 281 g/mol. The minimum atomic E-state index is -0.696. The lowest BCUT2D eigenvalue weighted by molar-refractivity contribution is -0.122. The van der Waals surface area contributed by atoms with Gasteiger partial charge in [-0.15, -0.1) is 0 Å². The maximum Gasteiger partial charge on any atom is 0.265 e. The summed E-state index contributed by atoms with van der Waals surface area (Å²) in [4.78, 5) is 12.0. The smallest absolute Gasteiger partial charge is 0.265 e. The maximum absolute atomic E-state index is 12.9. The zero-order valence-corrected chi connectivity index (χ0v) is 11.5. The predicted molar refractivity (Wildman–Crippen MR) is 76.6 cm³/mol. The van der Waals surface area contributed by atoms with Crippen molar-refractivity contribution in [2.45, 2.75) is 13.0 Å². The van der Waals surface area contributed by atoms with Crippen LogP contribution < -0.4 is 10.1 Å². The first-order valence-corrected chi connectivity index (χ1v) is 6.41. The lowest BCUT2D eigenvalue weighted by Gasteiger charge is -2.15. The van der Waals surface area contributed by atoms with E-state index in [0.717, 1.165) is 6.07 Å². The van der Waals surface area contributed by atoms with E-state index < -0.39 is 11.9 Å². The predicted octanol–water partition coefficient (Wildman–Crippen LogP) is 3.89. The van der Waals surface area contributed by atoms with E-state index in [1.807, 2.05) is 18.2 Å². The van der Waals surface area contributed by atoms with Crippen molar-refractivity contribution in [1.29, 1.82) is 0 Å². The Balaban J connectivity index is 2.01. The molecule has 104 valence electrons. The third kappa shape index (κ3) is 3.71. The molecule has 1 atom stereocenters. The van der Waals surface area contributed by atoms with Gasteiger partial charge in [0.25, 0.3) is 5.91 Å². The number of anilines is 1. The fraction of sp³-hybridized carbons (Fsp3) is 0.133. The average molecular weight is 294 g/mol. The third-order valence-electron chi connectivity index (χ3n) is 2.61. The molecule has 0 spiro atoms. The lowest BCUT2D eigenvalue weighted by Crippen LogP contribution is -2.30. The van der Waals surface area contributed by atoms with Gasteiger partial charge in [0.2, 0.25) is 0 Å². The molecule has 0 aliphatic heterocycles. The number of carbonyl (C=O) groups is 1. The Bertz CT molecular complexity index is 604. The molecule has 0 saturated heterocycles. The summed E-state index contributed by atoms with van der Waals surface area (Å²) in [5.74, 6) is -0.218. The second kappa shape index (κ2) is 6.39. The standard InChI is InChI=1S/C15H13ClFNO2/c1-10(20-12-5-3-2-4-6-12)15(19)18-14-8-7-11(17)9-13(14)16/h2-10H,1H3,(H,18,19)/t10-/m1/s1. The van der Waals surface area contributed by atoms with Crippen LogP contribution in [0.4, 0.5) is 10.1 Å². The highest BCUT2D eigenvalue weighted by Gasteiger charge is 2.16. The maximum atomic E-state index is 12.9. The molecular formula is C15H13ClFNO2. The van der Waals surface area contributed by atoms with Gasteiger partial charge < -0.3 is 10.1 Å². The van der Waals surface area contributed by atoms with Crippen molar-refractivity contribution in [3.63, 3.8) is 0 Å². The van der Waals surface area contributed by atoms with Crippen LogP contribution in [0.2, 0.25) is 5.02 Å². The summed E-state index contributed by atoms with van der Waals surface area (Å²) >= 11 is 5.84. The van der Waals surface area contributed by atoms with E-state index in [9.17, 15) is 9.18 Å². The molecule has 0 aliphatic carbocycles. The van der Waals surface area contributed by atoms with Crippen molar-refractivity contribution in [1.82, 2.24) is 0 Å². The molecule has 3 nitrogen and oxygen atoms in total. The Morgan fingerprint density at radius 2 is 1.95 bits per heavy atom. The van der Waals surface area contributed by atoms with Gasteiger partial charge in [0.1, 0.15) is 11.6 Å². The summed E-state index contributed by atoms with van der Waals surface area (Å²) in [6.45, 7) is 1.62. The summed E-state index contributed by atoms with van der Waals surface area (Å²) in [7, 11) is 0. The normalized spacial score (nSPS) is 11.8. The van der Waals surface area contributed by atoms with E-state index in [4.69, 9.17) is 16.3 Å². The monoisotopic (exact) mass is 293 g/mol. The van der Waals surface area contributed by atoms with Crippen LogP contribution >= 0.6 is 11.6 Å². The molecule has 0 aromatic heterocycles. The van der Waals surface area contributed by atoms with Crippen LogP contribution in [0.1, 0.15) is 6.92 Å². The van der Waals surface area contributed by atoms with Gasteiger partial charge in [-0.05, 0) is 37.3 Å². The van der Waals surface area contributed by atoms with Crippen LogP contribution in [-0.2, 0) is 4.79 Å². The SMILES string of the molecule is C[C@@H](Oc1ccccc1)C(=O)Nc1ccc(F)cc1Cl. The van der Waals surface area contributed by atoms with Gasteiger partial charge in [0.15, 0.2) is 6.10 Å². The van der Waals surface area contributed by atoms with Crippen LogP contribution in [0, 0.1) is 5.82 Å². The number of rotatable bonds is 4. The molecule has 0 radical (unpaired) electrons. The highest BCUT2D eigenvalue weighted by Crippen LogP contribution is 2.22. The molecule has 0 bridgehead atoms. The number of halogens is 2. The minimum absolute atomic E-state index is 0.144. The Morgan fingerprint density at radius 3 is 2.60 bits per heavy atom. The van der Waals surface area contributed by atoms with Crippen LogP contribution in [0.5, 0.6) is 5.75 Å². The average Bonchev–Trinajstić information content (AvgIpc) is 2.43. The first-order chi connectivity index (χ1) is 9.56. The van der Waals surface area contributed by atoms with E-state index in [1.165, 1.54) is 12.1 Å². The van der Waals surface area contributed by atoms with Crippen LogP contribution in [0.3, 0.4) is 0 Å². The Labute approximate surface area is 121 Å². The summed E-state index contributed by atoms with van der Waals surface area (Å²) in [6, 6.07) is 12.8. The number of hydrogen-bond acceptors (Lipinski definition) is 2. The second-order valence-corrected chi connectivity index (χ2v) is 4.59. The summed E-state index contributed by atoms with van der Waals surface area (Å²) in [5, 5.41) is 2.74. The number of carbonyl (C=O) groups excluding carboxylic acids is 1. The zero-order valence-electron chi connectivity index (χ0n) is 10.8. The van der Waals surface area contributed by atoms with Gasteiger partial charge in [0.05, 0.1) is 10.7 Å². The van der Waals surface area contributed by atoms with Gasteiger partial charge in [0, 0.05) is 0 Å². The number of hydrogen-bond donors (Lipinski definition) is 1. The second-order valence-electron chi connectivity index (χ2n) is 4.19. The van der Waals surface area contributed by atoms with Crippen molar-refractivity contribution >= 4 is 23.2 Å². The fourth-order valence-electron chi connectivity index (χ4n) is 1.58. The first kappa shape index (κ1) is 14.3. The van der Waals surface area contributed by atoms with Crippen molar-refractivity contribution in [3.8, 4) is 5.75 Å². The van der Waals surface area contributed by atoms with E-state index in [2.05, 4.69) is 5.32 Å². The number of nitrogens with one attached hydrogen (secondary N) is 1. The van der Waals surface area contributed by atoms with Crippen LogP contribution in [0.15, 0.2) is 48.5 Å². The van der Waals surface area contributed by atoms with Crippen molar-refractivity contribution in [3.05, 3.63) is 59.4 Å². The van der Waals surface area contributed by atoms with Crippen molar-refractivity contribution < 1.29 is 13.9 Å². The Kier molecular flexibility index (Phi) is 4.58. The van der Waals surface area contributed by atoms with Gasteiger partial charge in [-0.25, -0.2) is 4.39 Å². The van der Waals surface area contributed by atoms with Crippen LogP contribution in [0.25, 0.3) is 0 Å². The quantitative estimate of drug-likeness (QED) is 0.929. The molecule has 0 aliphatic rings. The Morgan fingerprint density at radius 1 is 1.25 bits per heavy atom. The highest BCUT2D eigenvalue weighted by atomic mass is 35.5. The molecule has 0 heterocycles. The zero-order chi connectivity index (χ0) is 14.5. The molecule has 2 aromatic carbocycles. The molecule has 5 heteroatoms. The third-order valence-corrected chi connectivity index (χ3v) is 2.93. The fourth-order valence-corrected chi connectivity index (χ4v) is 1.80. The minimum Gasteiger partial charge on any atom is -0.481 e. The van der Waals surface area contributed by atoms with E-state index in [0.29, 0.717) is 11.4 Å². The topological polar surface area (TPSA) is 38.3 Å². The number of amides is 1. The van der Waals surface area contributed by atoms with Gasteiger partial charge in [-0.2, -0.15) is 0 Å². The number of benzene rings is 2. The van der Waals surface area contributed by atoms with Gasteiger partial charge in [-0.3, -0.25) is 4.79 Å². The molecule has 2 aromatic rings. The first-order valence-electron chi connectivity index (χ1n) is 6.04. The van der Waals surface area contributed by atoms with Gasteiger partial charge >= 0.3 is 0 Å². The van der Waals surface area contributed by atoms with Crippen molar-refractivity contribution in [2.24, 2.45) is 0 Å². The molecule has 0 fully saturated rings. The number of ether oxygens (including phenoxy) is 1. The number of para-hydroxylation sites is 1. The molecule has 0 saturated carbocycles. The molecule has 2 rings (SSSR count). The Hall–Kier alpha value is -2.07. The molecule has 20 heavy (non-hydrogen) atoms. The summed E-state index contributed by atoms with van der Waals surface area (Å²) < 4.78 is 18.4. The van der Waals surface area contributed by atoms with E-state index >= 15 is 0 Å².